The predicted molar refractivity (Wildman–Crippen MR) is 86.6 cm³/mol. The van der Waals surface area contributed by atoms with Crippen LogP contribution in [0.5, 0.6) is 0 Å². The summed E-state index contributed by atoms with van der Waals surface area (Å²) in [7, 11) is 2.10. The molecule has 0 amide bonds. The Balaban J connectivity index is 1.83. The highest BCUT2D eigenvalue weighted by atomic mass is 79.9. The summed E-state index contributed by atoms with van der Waals surface area (Å²) < 4.78 is 1.08. The highest BCUT2D eigenvalue weighted by Crippen LogP contribution is 2.24. The molecule has 4 heteroatoms. The second kappa shape index (κ2) is 7.55. The Morgan fingerprint density at radius 2 is 1.95 bits per heavy atom. The van der Waals surface area contributed by atoms with Gasteiger partial charge in [-0.15, -0.1) is 0 Å². The van der Waals surface area contributed by atoms with E-state index in [0.29, 0.717) is 6.04 Å². The summed E-state index contributed by atoms with van der Waals surface area (Å²) in [5.74, 6) is 0. The molecule has 112 valence electrons. The molecule has 0 radical (unpaired) electrons. The van der Waals surface area contributed by atoms with Gasteiger partial charge in [-0.3, -0.25) is 0 Å². The number of nitrogens with two attached hydrogens (primary N) is 1. The second-order valence-electron chi connectivity index (χ2n) is 5.85. The summed E-state index contributed by atoms with van der Waals surface area (Å²) in [5.41, 5.74) is 7.43. The van der Waals surface area contributed by atoms with Gasteiger partial charge in [0.1, 0.15) is 0 Å². The van der Waals surface area contributed by atoms with E-state index in [1.807, 2.05) is 12.1 Å². The van der Waals surface area contributed by atoms with Gasteiger partial charge in [-0.05, 0) is 44.0 Å². The maximum atomic E-state index is 10.1. The molecular formula is C16H25BrN2O. The number of nitrogens with zero attached hydrogens (tertiary/aromatic N) is 1. The normalized spacial score (nSPS) is 24.9. The highest BCUT2D eigenvalue weighted by Gasteiger charge is 2.26. The van der Waals surface area contributed by atoms with Crippen molar-refractivity contribution in [3.05, 3.63) is 34.3 Å². The Bertz CT molecular complexity index is 409. The van der Waals surface area contributed by atoms with Crippen molar-refractivity contribution in [2.24, 2.45) is 5.73 Å². The fraction of sp³-hybridized carbons (Fsp3) is 0.625. The molecule has 2 rings (SSSR count). The zero-order valence-electron chi connectivity index (χ0n) is 12.1. The predicted octanol–water partition coefficient (Wildman–Crippen LogP) is 3.07. The number of benzene rings is 1. The first-order valence-corrected chi connectivity index (χ1v) is 8.26. The van der Waals surface area contributed by atoms with Crippen LogP contribution < -0.4 is 5.73 Å². The van der Waals surface area contributed by atoms with Crippen molar-refractivity contribution in [2.45, 2.75) is 50.3 Å². The van der Waals surface area contributed by atoms with Crippen molar-refractivity contribution >= 4 is 15.9 Å². The third-order valence-corrected chi connectivity index (χ3v) is 4.88. The summed E-state index contributed by atoms with van der Waals surface area (Å²) in [5, 5.41) is 10.1. The molecule has 1 aliphatic rings. The summed E-state index contributed by atoms with van der Waals surface area (Å²) >= 11 is 3.44. The van der Waals surface area contributed by atoms with Crippen molar-refractivity contribution in [1.82, 2.24) is 4.90 Å². The van der Waals surface area contributed by atoms with E-state index in [4.69, 9.17) is 5.73 Å². The molecule has 1 aliphatic carbocycles. The lowest BCUT2D eigenvalue weighted by Gasteiger charge is -2.35. The van der Waals surface area contributed by atoms with E-state index >= 15 is 0 Å². The van der Waals surface area contributed by atoms with Gasteiger partial charge in [-0.2, -0.15) is 0 Å². The molecule has 1 aromatic carbocycles. The van der Waals surface area contributed by atoms with Crippen molar-refractivity contribution in [2.75, 3.05) is 13.6 Å². The average Bonchev–Trinajstić information content (AvgIpc) is 2.45. The molecular weight excluding hydrogens is 316 g/mol. The van der Waals surface area contributed by atoms with E-state index in [9.17, 15) is 5.11 Å². The van der Waals surface area contributed by atoms with Crippen molar-refractivity contribution in [3.63, 3.8) is 0 Å². The number of likely N-dealkylation sites (N-methyl/N-ethyl adjacent to an activating group) is 1. The number of hydrogen-bond donors (Lipinski definition) is 2. The van der Waals surface area contributed by atoms with Gasteiger partial charge in [-0.1, -0.05) is 40.9 Å². The molecule has 3 atom stereocenters. The molecule has 1 fully saturated rings. The zero-order chi connectivity index (χ0) is 14.5. The van der Waals surface area contributed by atoms with Crippen LogP contribution in [0.4, 0.5) is 0 Å². The maximum Gasteiger partial charge on any atom is 0.0695 e. The van der Waals surface area contributed by atoms with Gasteiger partial charge in [-0.25, -0.2) is 0 Å². The van der Waals surface area contributed by atoms with Crippen LogP contribution in [0.3, 0.4) is 0 Å². The highest BCUT2D eigenvalue weighted by molar-refractivity contribution is 9.10. The number of aliphatic hydroxyl groups is 1. The SMILES string of the molecule is CN(CCC(N)c1ccc(Br)cc1)C1CCCCC1O. The molecule has 0 saturated heterocycles. The van der Waals surface area contributed by atoms with Gasteiger partial charge < -0.3 is 15.7 Å². The van der Waals surface area contributed by atoms with Crippen molar-refractivity contribution in [1.29, 1.82) is 0 Å². The van der Waals surface area contributed by atoms with Gasteiger partial charge in [0.05, 0.1) is 6.10 Å². The quantitative estimate of drug-likeness (QED) is 0.865. The molecule has 3 nitrogen and oxygen atoms in total. The third-order valence-electron chi connectivity index (χ3n) is 4.35. The molecule has 0 heterocycles. The third kappa shape index (κ3) is 4.29. The minimum Gasteiger partial charge on any atom is -0.391 e. The van der Waals surface area contributed by atoms with E-state index < -0.39 is 0 Å². The van der Waals surface area contributed by atoms with Crippen LogP contribution in [-0.4, -0.2) is 35.7 Å². The van der Waals surface area contributed by atoms with Gasteiger partial charge >= 0.3 is 0 Å². The lowest BCUT2D eigenvalue weighted by Crippen LogP contribution is -2.44. The van der Waals surface area contributed by atoms with Crippen LogP contribution in [0.2, 0.25) is 0 Å². The Kier molecular flexibility index (Phi) is 6.02. The summed E-state index contributed by atoms with van der Waals surface area (Å²) in [6.07, 6.45) is 5.17. The molecule has 0 aromatic heterocycles. The first kappa shape index (κ1) is 16.0. The van der Waals surface area contributed by atoms with E-state index in [2.05, 4.69) is 40.0 Å². The number of rotatable bonds is 5. The molecule has 3 N–H and O–H groups in total. The molecule has 20 heavy (non-hydrogen) atoms. The molecule has 1 saturated carbocycles. The van der Waals surface area contributed by atoms with Gasteiger partial charge in [0.25, 0.3) is 0 Å². The first-order chi connectivity index (χ1) is 9.58. The molecule has 0 bridgehead atoms. The first-order valence-electron chi connectivity index (χ1n) is 7.47. The van der Waals surface area contributed by atoms with Crippen LogP contribution in [-0.2, 0) is 0 Å². The fourth-order valence-corrected chi connectivity index (χ4v) is 3.26. The Morgan fingerprint density at radius 1 is 1.30 bits per heavy atom. The van der Waals surface area contributed by atoms with Crippen LogP contribution in [0, 0.1) is 0 Å². The Hall–Kier alpha value is -0.420. The van der Waals surface area contributed by atoms with Gasteiger partial charge in [0.2, 0.25) is 0 Å². The summed E-state index contributed by atoms with van der Waals surface area (Å²) in [6.45, 7) is 0.930. The molecule has 1 aromatic rings. The molecule has 3 unspecified atom stereocenters. The van der Waals surface area contributed by atoms with E-state index in [1.165, 1.54) is 12.0 Å². The minimum absolute atomic E-state index is 0.0614. The largest absolute Gasteiger partial charge is 0.391 e. The Morgan fingerprint density at radius 3 is 2.60 bits per heavy atom. The fourth-order valence-electron chi connectivity index (χ4n) is 2.99. The van der Waals surface area contributed by atoms with Crippen LogP contribution >= 0.6 is 15.9 Å². The van der Waals surface area contributed by atoms with E-state index in [1.54, 1.807) is 0 Å². The standard InChI is InChI=1S/C16H25BrN2O/c1-19(15-4-2-3-5-16(15)20)11-10-14(18)12-6-8-13(17)9-7-12/h6-9,14-16,20H,2-5,10-11,18H2,1H3. The van der Waals surface area contributed by atoms with Crippen LogP contribution in [0.15, 0.2) is 28.7 Å². The monoisotopic (exact) mass is 340 g/mol. The Labute approximate surface area is 130 Å². The zero-order valence-corrected chi connectivity index (χ0v) is 13.7. The lowest BCUT2D eigenvalue weighted by atomic mass is 9.91. The maximum absolute atomic E-state index is 10.1. The van der Waals surface area contributed by atoms with Crippen molar-refractivity contribution in [3.8, 4) is 0 Å². The van der Waals surface area contributed by atoms with Crippen LogP contribution in [0.25, 0.3) is 0 Å². The summed E-state index contributed by atoms with van der Waals surface area (Å²) in [4.78, 5) is 2.28. The number of aliphatic hydroxyl groups excluding tert-OH is 1. The molecule has 0 spiro atoms. The molecule has 0 aliphatic heterocycles. The second-order valence-corrected chi connectivity index (χ2v) is 6.76. The number of hydrogen-bond acceptors (Lipinski definition) is 3. The summed E-state index contributed by atoms with van der Waals surface area (Å²) in [6, 6.07) is 8.58. The number of halogens is 1. The minimum atomic E-state index is -0.169. The van der Waals surface area contributed by atoms with Crippen molar-refractivity contribution < 1.29 is 5.11 Å². The van der Waals surface area contributed by atoms with Gasteiger partial charge in [0, 0.05) is 23.1 Å². The van der Waals surface area contributed by atoms with E-state index in [-0.39, 0.29) is 12.1 Å². The topological polar surface area (TPSA) is 49.5 Å². The smallest absolute Gasteiger partial charge is 0.0695 e. The van der Waals surface area contributed by atoms with Crippen LogP contribution in [0.1, 0.15) is 43.7 Å². The van der Waals surface area contributed by atoms with Gasteiger partial charge in [0.15, 0.2) is 0 Å². The van der Waals surface area contributed by atoms with E-state index in [0.717, 1.165) is 36.7 Å². The average molecular weight is 341 g/mol. The lowest BCUT2D eigenvalue weighted by molar-refractivity contribution is 0.0311.